The Labute approximate surface area is 172 Å². The van der Waals surface area contributed by atoms with Crippen LogP contribution in [0.5, 0.6) is 0 Å². The lowest BCUT2D eigenvalue weighted by Gasteiger charge is -2.37. The number of piperidine rings is 1. The molecule has 0 spiro atoms. The van der Waals surface area contributed by atoms with Crippen molar-refractivity contribution >= 4 is 17.6 Å². The molecule has 8 heteroatoms. The van der Waals surface area contributed by atoms with Crippen molar-refractivity contribution in [3.63, 3.8) is 0 Å². The van der Waals surface area contributed by atoms with Gasteiger partial charge in [0.05, 0.1) is 23.2 Å². The SMILES string of the molecule is CCc1ccc(C(c2cc(C(F)(F)F)ccc2Cl)N2CCC(C(=O)O)CC2)nc1. The highest BCUT2D eigenvalue weighted by Gasteiger charge is 2.35. The number of benzene rings is 1. The van der Waals surface area contributed by atoms with Crippen molar-refractivity contribution < 1.29 is 23.1 Å². The van der Waals surface area contributed by atoms with Gasteiger partial charge in [-0.15, -0.1) is 0 Å². The number of likely N-dealkylation sites (tertiary alicyclic amines) is 1. The van der Waals surface area contributed by atoms with Crippen LogP contribution in [0.1, 0.15) is 48.2 Å². The van der Waals surface area contributed by atoms with Gasteiger partial charge in [0.1, 0.15) is 0 Å². The number of pyridine rings is 1. The number of hydrogen-bond donors (Lipinski definition) is 1. The van der Waals surface area contributed by atoms with Gasteiger partial charge in [-0.25, -0.2) is 0 Å². The van der Waals surface area contributed by atoms with Gasteiger partial charge in [-0.2, -0.15) is 13.2 Å². The van der Waals surface area contributed by atoms with Crippen LogP contribution in [0, 0.1) is 5.92 Å². The number of nitrogens with zero attached hydrogens (tertiary/aromatic N) is 2. The minimum absolute atomic E-state index is 0.227. The molecular formula is C21H22ClF3N2O2. The first-order valence-electron chi connectivity index (χ1n) is 9.49. The summed E-state index contributed by atoms with van der Waals surface area (Å²) < 4.78 is 39.9. The molecule has 156 valence electrons. The monoisotopic (exact) mass is 426 g/mol. The minimum Gasteiger partial charge on any atom is -0.481 e. The highest BCUT2D eigenvalue weighted by molar-refractivity contribution is 6.31. The molecule has 0 amide bonds. The van der Waals surface area contributed by atoms with Crippen LogP contribution >= 0.6 is 11.6 Å². The summed E-state index contributed by atoms with van der Waals surface area (Å²) >= 11 is 6.33. The Morgan fingerprint density at radius 1 is 1.28 bits per heavy atom. The summed E-state index contributed by atoms with van der Waals surface area (Å²) in [5.74, 6) is -1.29. The number of carboxylic acid groups (broad SMARTS) is 1. The maximum absolute atomic E-state index is 13.3. The summed E-state index contributed by atoms with van der Waals surface area (Å²) in [6.45, 7) is 2.87. The first kappa shape index (κ1) is 21.6. The highest BCUT2D eigenvalue weighted by Crippen LogP contribution is 2.39. The molecule has 1 aromatic carbocycles. The molecular weight excluding hydrogens is 405 g/mol. The molecule has 1 saturated heterocycles. The molecule has 2 aromatic rings. The topological polar surface area (TPSA) is 53.4 Å². The molecule has 4 nitrogen and oxygen atoms in total. The summed E-state index contributed by atoms with van der Waals surface area (Å²) in [7, 11) is 0. The average Bonchev–Trinajstić information content (AvgIpc) is 2.69. The molecule has 0 saturated carbocycles. The van der Waals surface area contributed by atoms with E-state index in [1.54, 1.807) is 6.20 Å². The van der Waals surface area contributed by atoms with E-state index in [4.69, 9.17) is 11.6 Å². The molecule has 1 N–H and O–H groups in total. The summed E-state index contributed by atoms with van der Waals surface area (Å²) in [6.07, 6.45) is -1.12. The fourth-order valence-electron chi connectivity index (χ4n) is 3.68. The third-order valence-electron chi connectivity index (χ3n) is 5.40. The standard InChI is InChI=1S/C21H22ClF3N2O2/c1-2-13-3-6-18(26-12-13)19(27-9-7-14(8-10-27)20(28)29)16-11-15(21(23,24)25)4-5-17(16)22/h3-6,11-12,14,19H,2,7-10H2,1H3,(H,28,29). The van der Waals surface area contributed by atoms with E-state index in [1.165, 1.54) is 6.07 Å². The van der Waals surface area contributed by atoms with Gasteiger partial charge in [-0.05, 0) is 67.7 Å². The first-order valence-corrected chi connectivity index (χ1v) is 9.86. The summed E-state index contributed by atoms with van der Waals surface area (Å²) in [6, 6.07) is 6.44. The van der Waals surface area contributed by atoms with Crippen molar-refractivity contribution in [2.45, 2.75) is 38.4 Å². The third-order valence-corrected chi connectivity index (χ3v) is 5.74. The lowest BCUT2D eigenvalue weighted by Crippen LogP contribution is -2.39. The molecule has 1 atom stereocenters. The molecule has 0 aliphatic carbocycles. The van der Waals surface area contributed by atoms with Crippen molar-refractivity contribution in [1.82, 2.24) is 9.88 Å². The molecule has 1 aliphatic heterocycles. The van der Waals surface area contributed by atoms with E-state index in [-0.39, 0.29) is 5.02 Å². The Morgan fingerprint density at radius 2 is 1.97 bits per heavy atom. The van der Waals surface area contributed by atoms with E-state index < -0.39 is 29.7 Å². The van der Waals surface area contributed by atoms with Gasteiger partial charge in [0.2, 0.25) is 0 Å². The zero-order valence-electron chi connectivity index (χ0n) is 15.9. The second kappa shape index (κ2) is 8.71. The van der Waals surface area contributed by atoms with Crippen molar-refractivity contribution in [2.75, 3.05) is 13.1 Å². The number of rotatable bonds is 5. The number of hydrogen-bond acceptors (Lipinski definition) is 3. The van der Waals surface area contributed by atoms with Gasteiger partial charge in [-0.1, -0.05) is 24.6 Å². The summed E-state index contributed by atoms with van der Waals surface area (Å²) in [5.41, 5.74) is 1.17. The number of carbonyl (C=O) groups is 1. The highest BCUT2D eigenvalue weighted by atomic mass is 35.5. The Bertz CT molecular complexity index is 863. The fraction of sp³-hybridized carbons (Fsp3) is 0.429. The molecule has 1 aromatic heterocycles. The molecule has 2 heterocycles. The average molecular weight is 427 g/mol. The zero-order chi connectivity index (χ0) is 21.2. The van der Waals surface area contributed by atoms with E-state index in [1.807, 2.05) is 24.0 Å². The second-order valence-electron chi connectivity index (χ2n) is 7.23. The van der Waals surface area contributed by atoms with Gasteiger partial charge >= 0.3 is 12.1 Å². The van der Waals surface area contributed by atoms with E-state index in [0.717, 1.165) is 24.1 Å². The quantitative estimate of drug-likeness (QED) is 0.713. The molecule has 1 fully saturated rings. The molecule has 0 radical (unpaired) electrons. The Hall–Kier alpha value is -2.12. The number of aliphatic carboxylic acids is 1. The predicted molar refractivity (Wildman–Crippen MR) is 104 cm³/mol. The fourth-order valence-corrected chi connectivity index (χ4v) is 3.91. The first-order chi connectivity index (χ1) is 13.7. The lowest BCUT2D eigenvalue weighted by atomic mass is 9.92. The van der Waals surface area contributed by atoms with Gasteiger partial charge in [0, 0.05) is 11.2 Å². The Kier molecular flexibility index (Phi) is 6.49. The molecule has 29 heavy (non-hydrogen) atoms. The largest absolute Gasteiger partial charge is 0.481 e. The Morgan fingerprint density at radius 3 is 2.48 bits per heavy atom. The maximum Gasteiger partial charge on any atom is 0.416 e. The minimum atomic E-state index is -4.49. The van der Waals surface area contributed by atoms with Crippen LogP contribution in [0.3, 0.4) is 0 Å². The smallest absolute Gasteiger partial charge is 0.416 e. The normalized spacial score (nSPS) is 17.3. The van der Waals surface area contributed by atoms with Crippen LogP contribution in [-0.4, -0.2) is 34.0 Å². The van der Waals surface area contributed by atoms with Gasteiger partial charge in [0.25, 0.3) is 0 Å². The molecule has 0 bridgehead atoms. The van der Waals surface area contributed by atoms with Gasteiger partial charge in [-0.3, -0.25) is 14.7 Å². The second-order valence-corrected chi connectivity index (χ2v) is 7.64. The van der Waals surface area contributed by atoms with Crippen LogP contribution in [0.4, 0.5) is 13.2 Å². The third kappa shape index (κ3) is 4.90. The van der Waals surface area contributed by atoms with E-state index >= 15 is 0 Å². The number of aromatic nitrogens is 1. The molecule has 1 aliphatic rings. The number of aryl methyl sites for hydroxylation is 1. The number of halogens is 4. The molecule has 1 unspecified atom stereocenters. The van der Waals surface area contributed by atoms with Gasteiger partial charge in [0.15, 0.2) is 0 Å². The Balaban J connectivity index is 2.03. The van der Waals surface area contributed by atoms with Crippen molar-refractivity contribution in [1.29, 1.82) is 0 Å². The predicted octanol–water partition coefficient (Wildman–Crippen LogP) is 5.20. The van der Waals surface area contributed by atoms with E-state index in [2.05, 4.69) is 4.98 Å². The lowest BCUT2D eigenvalue weighted by molar-refractivity contribution is -0.143. The number of carboxylic acids is 1. The number of alkyl halides is 3. The summed E-state index contributed by atoms with van der Waals surface area (Å²) in [5, 5.41) is 9.47. The maximum atomic E-state index is 13.3. The van der Waals surface area contributed by atoms with Crippen LogP contribution in [0.15, 0.2) is 36.5 Å². The van der Waals surface area contributed by atoms with Crippen molar-refractivity contribution in [2.24, 2.45) is 5.92 Å². The van der Waals surface area contributed by atoms with Crippen LogP contribution in [0.25, 0.3) is 0 Å². The van der Waals surface area contributed by atoms with Gasteiger partial charge < -0.3 is 5.11 Å². The van der Waals surface area contributed by atoms with Crippen molar-refractivity contribution in [3.8, 4) is 0 Å². The van der Waals surface area contributed by atoms with E-state index in [0.29, 0.717) is 37.2 Å². The van der Waals surface area contributed by atoms with Crippen LogP contribution in [-0.2, 0) is 17.4 Å². The summed E-state index contributed by atoms with van der Waals surface area (Å²) in [4.78, 5) is 17.7. The van der Waals surface area contributed by atoms with Crippen molar-refractivity contribution in [3.05, 3.63) is 63.9 Å². The zero-order valence-corrected chi connectivity index (χ0v) is 16.7. The van der Waals surface area contributed by atoms with E-state index in [9.17, 15) is 23.1 Å². The molecule has 3 rings (SSSR count). The van der Waals surface area contributed by atoms with Crippen LogP contribution in [0.2, 0.25) is 5.02 Å². The van der Waals surface area contributed by atoms with Crippen LogP contribution < -0.4 is 0 Å².